The molecule has 60 valence electrons. The molecule has 0 saturated carbocycles. The Balaban J connectivity index is 2.99. The second-order valence-corrected chi connectivity index (χ2v) is 2.76. The summed E-state index contributed by atoms with van der Waals surface area (Å²) in [6, 6.07) is 7.10. The highest BCUT2D eigenvalue weighted by atomic mass is 35.5. The summed E-state index contributed by atoms with van der Waals surface area (Å²) in [6.07, 6.45) is 1.18. The predicted molar refractivity (Wildman–Crippen MR) is 44.6 cm³/mol. The molecule has 0 bridgehead atoms. The number of rotatable bonds is 0. The molecule has 0 radical (unpaired) electrons. The van der Waals surface area contributed by atoms with E-state index < -0.39 is 0 Å². The molecule has 0 aliphatic carbocycles. The van der Waals surface area contributed by atoms with Gasteiger partial charge in [0.05, 0.1) is 4.91 Å². The van der Waals surface area contributed by atoms with Crippen molar-refractivity contribution < 1.29 is 9.12 Å². The van der Waals surface area contributed by atoms with Gasteiger partial charge in [0.15, 0.2) is 0 Å². The zero-order valence-electron chi connectivity index (χ0n) is 6.03. The van der Waals surface area contributed by atoms with Crippen LogP contribution in [-0.4, -0.2) is 0 Å². The van der Waals surface area contributed by atoms with Gasteiger partial charge in [-0.2, -0.15) is 4.52 Å². The van der Waals surface area contributed by atoms with Crippen LogP contribution in [-0.2, 0) is 0 Å². The Morgan fingerprint density at radius 2 is 2.08 bits per heavy atom. The van der Waals surface area contributed by atoms with Crippen molar-refractivity contribution >= 4 is 22.6 Å². The average molecular weight is 183 g/mol. The van der Waals surface area contributed by atoms with Crippen LogP contribution in [0.2, 0.25) is 5.02 Å². The second-order valence-electron chi connectivity index (χ2n) is 2.35. The summed E-state index contributed by atoms with van der Waals surface area (Å²) in [7, 11) is 0. The minimum atomic E-state index is 0.338. The molecular formula is C8H5ClNO2+. The number of para-hydroxylation sites is 1. The van der Waals surface area contributed by atoms with E-state index in [-0.39, 0.29) is 0 Å². The van der Waals surface area contributed by atoms with Gasteiger partial charge in [0.2, 0.25) is 5.58 Å². The summed E-state index contributed by atoms with van der Waals surface area (Å²) in [6.45, 7) is 0. The zero-order chi connectivity index (χ0) is 8.55. The molecule has 1 heterocycles. The Morgan fingerprint density at radius 3 is 2.92 bits per heavy atom. The van der Waals surface area contributed by atoms with E-state index in [0.29, 0.717) is 15.2 Å². The Kier molecular flexibility index (Phi) is 1.59. The highest BCUT2D eigenvalue weighted by Gasteiger charge is 2.07. The number of hydrogen-bond acceptors (Lipinski definition) is 2. The maximum Gasteiger partial charge on any atom is 0.301 e. The van der Waals surface area contributed by atoms with Crippen LogP contribution in [0.4, 0.5) is 0 Å². The Labute approximate surface area is 72.7 Å². The van der Waals surface area contributed by atoms with Crippen molar-refractivity contribution in [2.75, 3.05) is 0 Å². The normalized spacial score (nSPS) is 10.4. The fourth-order valence-electron chi connectivity index (χ4n) is 1.03. The molecule has 12 heavy (non-hydrogen) atoms. The molecule has 0 aliphatic heterocycles. The van der Waals surface area contributed by atoms with E-state index in [1.54, 1.807) is 18.2 Å². The Morgan fingerprint density at radius 1 is 1.33 bits per heavy atom. The highest BCUT2D eigenvalue weighted by molar-refractivity contribution is 6.34. The molecule has 1 aromatic carbocycles. The maximum absolute atomic E-state index is 10.8. The first-order valence-corrected chi connectivity index (χ1v) is 3.76. The minimum absolute atomic E-state index is 0.338. The van der Waals surface area contributed by atoms with Crippen LogP contribution in [0.1, 0.15) is 0 Å². The predicted octanol–water partition coefficient (Wildman–Crippen LogP) is 2.00. The molecule has 0 amide bonds. The molecule has 0 saturated heterocycles. The first kappa shape index (κ1) is 7.31. The highest BCUT2D eigenvalue weighted by Crippen LogP contribution is 2.19. The maximum atomic E-state index is 10.8. The molecule has 2 rings (SSSR count). The zero-order valence-corrected chi connectivity index (χ0v) is 6.78. The summed E-state index contributed by atoms with van der Waals surface area (Å²) >= 11 is 5.78. The molecule has 3 nitrogen and oxygen atoms in total. The van der Waals surface area contributed by atoms with Crippen LogP contribution < -0.4 is 4.60 Å². The third kappa shape index (κ3) is 1.08. The van der Waals surface area contributed by atoms with Gasteiger partial charge in [-0.25, -0.2) is 0 Å². The summed E-state index contributed by atoms with van der Waals surface area (Å²) in [5.74, 6) is 0. The van der Waals surface area contributed by atoms with E-state index in [2.05, 4.69) is 0 Å². The van der Waals surface area contributed by atoms with Crippen molar-refractivity contribution in [3.05, 3.63) is 40.4 Å². The van der Waals surface area contributed by atoms with Crippen molar-refractivity contribution in [1.82, 2.24) is 0 Å². The van der Waals surface area contributed by atoms with Crippen LogP contribution >= 0.6 is 11.6 Å². The molecule has 1 aromatic heterocycles. The molecule has 0 aliphatic rings. The van der Waals surface area contributed by atoms with Gasteiger partial charge in [-0.3, -0.25) is 0 Å². The smallest absolute Gasteiger partial charge is 0.185 e. The largest absolute Gasteiger partial charge is 0.301 e. The quantitative estimate of drug-likeness (QED) is 0.625. The van der Waals surface area contributed by atoms with E-state index in [1.807, 2.05) is 6.07 Å². The topological polar surface area (TPSA) is 36.1 Å². The van der Waals surface area contributed by atoms with Crippen LogP contribution in [0, 0.1) is 4.91 Å². The molecule has 0 atom stereocenters. The molecule has 0 N–H and O–H groups in total. The molecule has 0 unspecified atom stereocenters. The molecular weight excluding hydrogens is 178 g/mol. The van der Waals surface area contributed by atoms with Crippen LogP contribution in [0.15, 0.2) is 35.0 Å². The fraction of sp³-hybridized carbons (Fsp3) is 0. The summed E-state index contributed by atoms with van der Waals surface area (Å²) in [5, 5.41) is 1.14. The summed E-state index contributed by atoms with van der Waals surface area (Å²) in [5.41, 5.74) is 0.486. The van der Waals surface area contributed by atoms with E-state index in [9.17, 15) is 4.91 Å². The third-order valence-corrected chi connectivity index (χ3v) is 1.85. The fourth-order valence-corrected chi connectivity index (χ4v) is 1.26. The van der Waals surface area contributed by atoms with Crippen LogP contribution in [0.25, 0.3) is 11.0 Å². The van der Waals surface area contributed by atoms with Crippen molar-refractivity contribution in [3.63, 3.8) is 0 Å². The van der Waals surface area contributed by atoms with Crippen LogP contribution in [0.3, 0.4) is 0 Å². The lowest BCUT2D eigenvalue weighted by molar-refractivity contribution is -0.701. The number of nitrogens with zero attached hydrogens (tertiary/aromatic N) is 1. The van der Waals surface area contributed by atoms with Gasteiger partial charge in [-0.1, -0.05) is 23.7 Å². The van der Waals surface area contributed by atoms with Gasteiger partial charge in [-0.05, 0) is 12.1 Å². The van der Waals surface area contributed by atoms with Gasteiger partial charge < -0.3 is 0 Å². The van der Waals surface area contributed by atoms with Gasteiger partial charge in [0.1, 0.15) is 5.02 Å². The van der Waals surface area contributed by atoms with Gasteiger partial charge in [0, 0.05) is 5.39 Å². The van der Waals surface area contributed by atoms with E-state index in [0.717, 1.165) is 5.39 Å². The minimum Gasteiger partial charge on any atom is -0.185 e. The van der Waals surface area contributed by atoms with Gasteiger partial charge >= 0.3 is 6.20 Å². The Hall–Kier alpha value is -1.35. The lowest BCUT2D eigenvalue weighted by Gasteiger charge is -1.89. The van der Waals surface area contributed by atoms with E-state index >= 15 is 0 Å². The lowest BCUT2D eigenvalue weighted by atomic mass is 10.2. The van der Waals surface area contributed by atoms with Crippen molar-refractivity contribution in [2.45, 2.75) is 0 Å². The second kappa shape index (κ2) is 2.60. The van der Waals surface area contributed by atoms with E-state index in [1.165, 1.54) is 6.20 Å². The third-order valence-electron chi connectivity index (χ3n) is 1.55. The number of halogens is 1. The SMILES string of the molecule is O=[n+]1cc(Cl)c2ccccc2o1. The molecule has 0 fully saturated rings. The van der Waals surface area contributed by atoms with Crippen molar-refractivity contribution in [2.24, 2.45) is 0 Å². The standard InChI is InChI=1S/C8H5ClNO2/c9-7-5-10(11)12-8-4-2-1-3-6(7)8/h1-5H/q+1. The monoisotopic (exact) mass is 182 g/mol. The van der Waals surface area contributed by atoms with E-state index in [4.69, 9.17) is 16.1 Å². The first-order valence-electron chi connectivity index (χ1n) is 3.38. The first-order chi connectivity index (χ1) is 5.77. The Bertz CT molecular complexity index is 478. The number of benzene rings is 1. The van der Waals surface area contributed by atoms with Crippen molar-refractivity contribution in [1.29, 1.82) is 0 Å². The molecule has 2 aromatic rings. The summed E-state index contributed by atoms with van der Waals surface area (Å²) < 4.78 is 5.16. The number of fused-ring (bicyclic) bond motifs is 1. The number of hydrogen-bond donors (Lipinski definition) is 0. The number of aromatic nitrogens is 1. The van der Waals surface area contributed by atoms with Crippen LogP contribution in [0.5, 0.6) is 0 Å². The lowest BCUT2D eigenvalue weighted by Crippen LogP contribution is -2.10. The van der Waals surface area contributed by atoms with Crippen molar-refractivity contribution in [3.8, 4) is 0 Å². The average Bonchev–Trinajstić information content (AvgIpc) is 2.04. The molecule has 0 spiro atoms. The molecule has 4 heteroatoms. The summed E-state index contributed by atoms with van der Waals surface area (Å²) in [4.78, 5) is 10.8. The van der Waals surface area contributed by atoms with Gasteiger partial charge in [-0.15, -0.1) is 0 Å². The van der Waals surface area contributed by atoms with Gasteiger partial charge in [0.25, 0.3) is 4.60 Å².